The van der Waals surface area contributed by atoms with Crippen LogP contribution in [0.25, 0.3) is 21.9 Å². The highest BCUT2D eigenvalue weighted by Crippen LogP contribution is 2.34. The lowest BCUT2D eigenvalue weighted by Gasteiger charge is -2.10. The molecule has 3 heterocycles. The molecule has 7 nitrogen and oxygen atoms in total. The minimum Gasteiger partial charge on any atom is -0.493 e. The number of nitrogens with zero attached hydrogens (tertiary/aromatic N) is 2. The molecule has 0 bridgehead atoms. The molecular weight excluding hydrogens is 392 g/mol. The Labute approximate surface area is 170 Å². The molecule has 1 aromatic carbocycles. The maximum Gasteiger partial charge on any atom is 0.341 e. The van der Waals surface area contributed by atoms with Gasteiger partial charge in [0.2, 0.25) is 0 Å². The van der Waals surface area contributed by atoms with Crippen LogP contribution in [0, 0.1) is 13.8 Å². The standard InChI is InChI=1S/C21H20N2O5S/c1-11-12(2)29-20-18(11)21(26)23-7-6-14(19(23)22-20)8-13-4-5-15(16(9-13)27-3)28-10-17(24)25/h4-5,8-9H,6-7,10H2,1-3H3,(H,24,25)/b14-8+. The smallest absolute Gasteiger partial charge is 0.341 e. The first-order valence-electron chi connectivity index (χ1n) is 9.13. The third kappa shape index (κ3) is 3.40. The van der Waals surface area contributed by atoms with E-state index in [-0.39, 0.29) is 5.56 Å². The van der Waals surface area contributed by atoms with Crippen LogP contribution in [0.15, 0.2) is 23.0 Å². The second kappa shape index (κ2) is 7.36. The van der Waals surface area contributed by atoms with Gasteiger partial charge in [0, 0.05) is 11.4 Å². The van der Waals surface area contributed by atoms with Gasteiger partial charge < -0.3 is 14.6 Å². The van der Waals surface area contributed by atoms with Crippen LogP contribution < -0.4 is 15.0 Å². The largest absolute Gasteiger partial charge is 0.493 e. The van der Waals surface area contributed by atoms with Crippen molar-refractivity contribution in [3.8, 4) is 11.5 Å². The van der Waals surface area contributed by atoms with Crippen molar-refractivity contribution >= 4 is 39.2 Å². The zero-order valence-corrected chi connectivity index (χ0v) is 17.1. The van der Waals surface area contributed by atoms with Gasteiger partial charge in [0.15, 0.2) is 18.1 Å². The summed E-state index contributed by atoms with van der Waals surface area (Å²) < 4.78 is 12.3. The number of allylic oxidation sites excluding steroid dienone is 1. The number of thiophene rings is 1. The highest BCUT2D eigenvalue weighted by molar-refractivity contribution is 7.18. The number of hydrogen-bond donors (Lipinski definition) is 1. The van der Waals surface area contributed by atoms with Crippen LogP contribution in [0.5, 0.6) is 11.5 Å². The molecule has 3 aromatic rings. The van der Waals surface area contributed by atoms with Gasteiger partial charge in [-0.1, -0.05) is 6.07 Å². The number of rotatable bonds is 5. The van der Waals surface area contributed by atoms with E-state index >= 15 is 0 Å². The van der Waals surface area contributed by atoms with Crippen molar-refractivity contribution < 1.29 is 19.4 Å². The summed E-state index contributed by atoms with van der Waals surface area (Å²) in [4.78, 5) is 30.3. The Bertz CT molecular complexity index is 1220. The van der Waals surface area contributed by atoms with Crippen LogP contribution >= 0.6 is 11.3 Å². The number of benzene rings is 1. The van der Waals surface area contributed by atoms with Crippen LogP contribution in [-0.4, -0.2) is 34.3 Å². The van der Waals surface area contributed by atoms with E-state index in [0.717, 1.165) is 38.2 Å². The molecule has 1 aliphatic heterocycles. The van der Waals surface area contributed by atoms with Crippen molar-refractivity contribution in [3.63, 3.8) is 0 Å². The Kier molecular flexibility index (Phi) is 4.87. The molecule has 1 N–H and O–H groups in total. The fourth-order valence-corrected chi connectivity index (χ4v) is 4.51. The highest BCUT2D eigenvalue weighted by Gasteiger charge is 2.23. The van der Waals surface area contributed by atoms with E-state index in [1.807, 2.05) is 26.0 Å². The molecule has 0 radical (unpaired) electrons. The summed E-state index contributed by atoms with van der Waals surface area (Å²) in [7, 11) is 1.50. The van der Waals surface area contributed by atoms with Crippen molar-refractivity contribution in [2.75, 3.05) is 13.7 Å². The predicted octanol–water partition coefficient (Wildman–Crippen LogP) is 3.49. The van der Waals surface area contributed by atoms with Crippen molar-refractivity contribution in [1.29, 1.82) is 0 Å². The van der Waals surface area contributed by atoms with Crippen LogP contribution in [0.4, 0.5) is 0 Å². The van der Waals surface area contributed by atoms with Gasteiger partial charge in [-0.2, -0.15) is 0 Å². The molecule has 0 amide bonds. The Morgan fingerprint density at radius 3 is 2.86 bits per heavy atom. The second-order valence-corrected chi connectivity index (χ2v) is 8.07. The van der Waals surface area contributed by atoms with E-state index in [1.165, 1.54) is 7.11 Å². The van der Waals surface area contributed by atoms with Crippen LogP contribution in [0.2, 0.25) is 0 Å². The molecule has 0 saturated heterocycles. The van der Waals surface area contributed by atoms with Gasteiger partial charge in [-0.3, -0.25) is 9.36 Å². The number of ether oxygens (including phenoxy) is 2. The molecule has 1 aliphatic rings. The molecule has 150 valence electrons. The van der Waals surface area contributed by atoms with E-state index in [0.29, 0.717) is 23.9 Å². The van der Waals surface area contributed by atoms with Crippen LogP contribution in [0.3, 0.4) is 0 Å². The molecular formula is C21H20N2O5S. The minimum atomic E-state index is -1.05. The molecule has 0 aliphatic carbocycles. The summed E-state index contributed by atoms with van der Waals surface area (Å²) in [6.07, 6.45) is 2.70. The first-order chi connectivity index (χ1) is 13.9. The van der Waals surface area contributed by atoms with Gasteiger partial charge in [-0.25, -0.2) is 9.78 Å². The SMILES string of the molecule is COc1cc(/C=C2\CCn3c2nc2sc(C)c(C)c2c3=O)ccc1OCC(=O)O. The molecule has 2 aromatic heterocycles. The number of carboxylic acid groups (broad SMARTS) is 1. The Balaban J connectivity index is 1.73. The number of fused-ring (bicyclic) bond motifs is 2. The number of aromatic nitrogens is 2. The maximum absolute atomic E-state index is 12.9. The summed E-state index contributed by atoms with van der Waals surface area (Å²) in [6, 6.07) is 5.28. The molecule has 8 heteroatoms. The van der Waals surface area contributed by atoms with Gasteiger partial charge in [-0.05, 0) is 55.2 Å². The third-order valence-electron chi connectivity index (χ3n) is 5.06. The number of methoxy groups -OCH3 is 1. The van der Waals surface area contributed by atoms with E-state index in [9.17, 15) is 9.59 Å². The van der Waals surface area contributed by atoms with Gasteiger partial charge in [-0.15, -0.1) is 11.3 Å². The second-order valence-electron chi connectivity index (χ2n) is 6.87. The maximum atomic E-state index is 12.9. The summed E-state index contributed by atoms with van der Waals surface area (Å²) in [6.45, 7) is 4.14. The number of carboxylic acids is 1. The van der Waals surface area contributed by atoms with Crippen molar-refractivity contribution in [2.45, 2.75) is 26.8 Å². The summed E-state index contributed by atoms with van der Waals surface area (Å²) in [5, 5.41) is 9.50. The lowest BCUT2D eigenvalue weighted by atomic mass is 10.1. The predicted molar refractivity (Wildman–Crippen MR) is 112 cm³/mol. The fourth-order valence-electron chi connectivity index (χ4n) is 3.49. The monoisotopic (exact) mass is 412 g/mol. The Hall–Kier alpha value is -3.13. The quantitative estimate of drug-likeness (QED) is 0.690. The molecule has 0 spiro atoms. The van der Waals surface area contributed by atoms with Gasteiger partial charge in [0.1, 0.15) is 10.7 Å². The summed E-state index contributed by atoms with van der Waals surface area (Å²) in [5.41, 5.74) is 2.87. The van der Waals surface area contributed by atoms with Crippen LogP contribution in [0.1, 0.15) is 28.2 Å². The number of hydrogen-bond acceptors (Lipinski definition) is 6. The molecule has 0 atom stereocenters. The lowest BCUT2D eigenvalue weighted by molar-refractivity contribution is -0.139. The number of carbonyl (C=O) groups is 1. The first-order valence-corrected chi connectivity index (χ1v) is 9.94. The lowest BCUT2D eigenvalue weighted by Crippen LogP contribution is -2.20. The van der Waals surface area contributed by atoms with Crippen molar-refractivity contribution in [1.82, 2.24) is 9.55 Å². The minimum absolute atomic E-state index is 0.0187. The van der Waals surface area contributed by atoms with E-state index in [1.54, 1.807) is 28.0 Å². The molecule has 0 saturated carbocycles. The van der Waals surface area contributed by atoms with E-state index in [2.05, 4.69) is 0 Å². The van der Waals surface area contributed by atoms with Crippen molar-refractivity contribution in [3.05, 3.63) is 50.4 Å². The summed E-state index contributed by atoms with van der Waals surface area (Å²) >= 11 is 1.55. The number of aliphatic carboxylic acids is 1. The van der Waals surface area contributed by atoms with Gasteiger partial charge >= 0.3 is 5.97 Å². The Morgan fingerprint density at radius 1 is 1.34 bits per heavy atom. The average molecular weight is 412 g/mol. The zero-order chi connectivity index (χ0) is 20.7. The average Bonchev–Trinajstić information content (AvgIpc) is 3.22. The third-order valence-corrected chi connectivity index (χ3v) is 6.16. The van der Waals surface area contributed by atoms with E-state index < -0.39 is 12.6 Å². The molecule has 0 unspecified atom stereocenters. The highest BCUT2D eigenvalue weighted by atomic mass is 32.1. The van der Waals surface area contributed by atoms with Gasteiger partial charge in [0.05, 0.1) is 12.5 Å². The van der Waals surface area contributed by atoms with Gasteiger partial charge in [0.25, 0.3) is 5.56 Å². The molecule has 4 rings (SSSR count). The summed E-state index contributed by atoms with van der Waals surface area (Å²) in [5.74, 6) is 0.463. The topological polar surface area (TPSA) is 90.7 Å². The zero-order valence-electron chi connectivity index (χ0n) is 16.3. The Morgan fingerprint density at radius 2 is 2.14 bits per heavy atom. The van der Waals surface area contributed by atoms with Crippen LogP contribution in [-0.2, 0) is 11.3 Å². The molecule has 0 fully saturated rings. The normalized spacial score (nSPS) is 14.4. The number of aryl methyl sites for hydroxylation is 2. The van der Waals surface area contributed by atoms with Crippen molar-refractivity contribution in [2.24, 2.45) is 0 Å². The molecule has 29 heavy (non-hydrogen) atoms. The fraction of sp³-hybridized carbons (Fsp3) is 0.286. The first kappa shape index (κ1) is 19.2. The van der Waals surface area contributed by atoms with E-state index in [4.69, 9.17) is 19.6 Å².